The molecule has 5 heteroatoms. The van der Waals surface area contributed by atoms with Gasteiger partial charge in [0.05, 0.1) is 17.0 Å². The first kappa shape index (κ1) is 16.9. The van der Waals surface area contributed by atoms with E-state index >= 15 is 0 Å². The lowest BCUT2D eigenvalue weighted by atomic mass is 10.00. The number of nitrogens with one attached hydrogen (secondary N) is 1. The molecule has 0 aliphatic rings. The first-order valence-corrected chi connectivity index (χ1v) is 8.39. The highest BCUT2D eigenvalue weighted by atomic mass is 16.4. The van der Waals surface area contributed by atoms with Crippen LogP contribution in [0.15, 0.2) is 48.7 Å². The van der Waals surface area contributed by atoms with Crippen LogP contribution in [-0.2, 0) is 4.79 Å². The van der Waals surface area contributed by atoms with Crippen LogP contribution in [-0.4, -0.2) is 28.5 Å². The van der Waals surface area contributed by atoms with Crippen LogP contribution in [0.25, 0.3) is 21.7 Å². The van der Waals surface area contributed by atoms with Crippen molar-refractivity contribution in [2.24, 2.45) is 5.92 Å². The van der Waals surface area contributed by atoms with Gasteiger partial charge >= 0.3 is 5.97 Å². The Hall–Kier alpha value is -2.95. The molecule has 0 saturated carbocycles. The molecule has 2 N–H and O–H groups in total. The van der Waals surface area contributed by atoms with Crippen molar-refractivity contribution in [3.63, 3.8) is 0 Å². The van der Waals surface area contributed by atoms with Gasteiger partial charge in [-0.25, -0.2) is 0 Å². The highest BCUT2D eigenvalue weighted by molar-refractivity contribution is 6.15. The number of nitrogens with zero attached hydrogens (tertiary/aromatic N) is 1. The number of aromatic nitrogens is 1. The van der Waals surface area contributed by atoms with Crippen LogP contribution >= 0.6 is 0 Å². The first-order chi connectivity index (χ1) is 12.1. The number of pyridine rings is 1. The third-order valence-corrected chi connectivity index (χ3v) is 4.35. The molecule has 3 aromatic rings. The first-order valence-electron chi connectivity index (χ1n) is 8.39. The minimum absolute atomic E-state index is 0.114. The fourth-order valence-corrected chi connectivity index (χ4v) is 3.07. The van der Waals surface area contributed by atoms with E-state index in [0.717, 1.165) is 22.6 Å². The zero-order chi connectivity index (χ0) is 17.8. The maximum absolute atomic E-state index is 12.7. The van der Waals surface area contributed by atoms with Crippen molar-refractivity contribution in [3.05, 3.63) is 54.2 Å². The Kier molecular flexibility index (Phi) is 4.93. The molecule has 5 nitrogen and oxygen atoms in total. The van der Waals surface area contributed by atoms with Crippen molar-refractivity contribution in [2.75, 3.05) is 6.54 Å². The molecule has 3 rings (SSSR count). The van der Waals surface area contributed by atoms with Crippen molar-refractivity contribution >= 4 is 33.6 Å². The standard InChI is InChI=1S/C20H20N2O3/c1-2-6-14(20(24)25)12-22-19(23)17-11-13-7-3-4-8-15(13)16-9-5-10-21-18(16)17/h3-5,7-11,14H,2,6,12H2,1H3,(H,22,23)(H,24,25). The fraction of sp³-hybridized carbons (Fsp3) is 0.250. The zero-order valence-corrected chi connectivity index (χ0v) is 14.0. The summed E-state index contributed by atoms with van der Waals surface area (Å²) in [6, 6.07) is 13.4. The summed E-state index contributed by atoms with van der Waals surface area (Å²) in [4.78, 5) is 28.3. The van der Waals surface area contributed by atoms with E-state index in [1.807, 2.05) is 49.4 Å². The second-order valence-corrected chi connectivity index (χ2v) is 6.08. The number of amides is 1. The largest absolute Gasteiger partial charge is 0.481 e. The predicted molar refractivity (Wildman–Crippen MR) is 97.6 cm³/mol. The smallest absolute Gasteiger partial charge is 0.308 e. The molecule has 0 bridgehead atoms. The van der Waals surface area contributed by atoms with E-state index < -0.39 is 11.9 Å². The lowest BCUT2D eigenvalue weighted by Crippen LogP contribution is -2.33. The van der Waals surface area contributed by atoms with Crippen molar-refractivity contribution in [3.8, 4) is 0 Å². The number of hydrogen-bond donors (Lipinski definition) is 2. The molecular weight excluding hydrogens is 316 g/mol. The number of carboxylic acids is 1. The maximum atomic E-state index is 12.7. The number of carboxylic acid groups (broad SMARTS) is 1. The van der Waals surface area contributed by atoms with Crippen LogP contribution in [0.1, 0.15) is 30.1 Å². The Bertz CT molecular complexity index is 937. The Balaban J connectivity index is 1.96. The Morgan fingerprint density at radius 3 is 2.68 bits per heavy atom. The van der Waals surface area contributed by atoms with Gasteiger partial charge in [-0.3, -0.25) is 14.6 Å². The van der Waals surface area contributed by atoms with Crippen LogP contribution in [0, 0.1) is 5.92 Å². The predicted octanol–water partition coefficient (Wildman–Crippen LogP) is 3.62. The SMILES string of the molecule is CCCC(CNC(=O)c1cc2ccccc2c2cccnc12)C(=O)O. The van der Waals surface area contributed by atoms with Gasteiger partial charge in [0.25, 0.3) is 5.91 Å². The average molecular weight is 336 g/mol. The van der Waals surface area contributed by atoms with E-state index in [4.69, 9.17) is 0 Å². The molecule has 0 spiro atoms. The van der Waals surface area contributed by atoms with Gasteiger partial charge in [0, 0.05) is 18.1 Å². The van der Waals surface area contributed by atoms with Gasteiger partial charge in [0.1, 0.15) is 0 Å². The normalized spacial score (nSPS) is 12.2. The van der Waals surface area contributed by atoms with Gasteiger partial charge in [-0.2, -0.15) is 0 Å². The summed E-state index contributed by atoms with van der Waals surface area (Å²) in [5.74, 6) is -1.76. The molecule has 1 amide bonds. The molecule has 0 fully saturated rings. The van der Waals surface area contributed by atoms with Gasteiger partial charge in [0.15, 0.2) is 0 Å². The van der Waals surface area contributed by atoms with E-state index in [2.05, 4.69) is 10.3 Å². The van der Waals surface area contributed by atoms with E-state index in [1.165, 1.54) is 0 Å². The monoisotopic (exact) mass is 336 g/mol. The van der Waals surface area contributed by atoms with Crippen molar-refractivity contribution in [1.29, 1.82) is 0 Å². The van der Waals surface area contributed by atoms with Crippen LogP contribution in [0.3, 0.4) is 0 Å². The highest BCUT2D eigenvalue weighted by Gasteiger charge is 2.19. The molecule has 25 heavy (non-hydrogen) atoms. The number of fused-ring (bicyclic) bond motifs is 3. The minimum Gasteiger partial charge on any atom is -0.481 e. The molecule has 1 unspecified atom stereocenters. The summed E-state index contributed by atoms with van der Waals surface area (Å²) in [5.41, 5.74) is 1.09. The van der Waals surface area contributed by atoms with Gasteiger partial charge in [-0.1, -0.05) is 43.7 Å². The number of rotatable bonds is 6. The number of carbonyl (C=O) groups excluding carboxylic acids is 1. The lowest BCUT2D eigenvalue weighted by Gasteiger charge is -2.14. The summed E-state index contributed by atoms with van der Waals surface area (Å²) < 4.78 is 0. The number of hydrogen-bond acceptors (Lipinski definition) is 3. The molecular formula is C20H20N2O3. The van der Waals surface area contributed by atoms with Crippen LogP contribution in [0.5, 0.6) is 0 Å². The van der Waals surface area contributed by atoms with E-state index in [-0.39, 0.29) is 12.5 Å². The third kappa shape index (κ3) is 3.45. The summed E-state index contributed by atoms with van der Waals surface area (Å²) in [5, 5.41) is 14.9. The van der Waals surface area contributed by atoms with Gasteiger partial charge in [0.2, 0.25) is 0 Å². The van der Waals surface area contributed by atoms with E-state index in [0.29, 0.717) is 17.5 Å². The maximum Gasteiger partial charge on any atom is 0.308 e. The molecule has 0 aliphatic heterocycles. The second kappa shape index (κ2) is 7.30. The van der Waals surface area contributed by atoms with Crippen molar-refractivity contribution < 1.29 is 14.7 Å². The molecule has 1 atom stereocenters. The summed E-state index contributed by atoms with van der Waals surface area (Å²) >= 11 is 0. The summed E-state index contributed by atoms with van der Waals surface area (Å²) in [6.07, 6.45) is 2.95. The molecule has 0 radical (unpaired) electrons. The number of carbonyl (C=O) groups is 2. The van der Waals surface area contributed by atoms with E-state index in [1.54, 1.807) is 6.20 Å². The van der Waals surface area contributed by atoms with Gasteiger partial charge in [-0.05, 0) is 29.3 Å². The highest BCUT2D eigenvalue weighted by Crippen LogP contribution is 2.27. The molecule has 128 valence electrons. The molecule has 2 aromatic carbocycles. The Labute approximate surface area is 145 Å². The van der Waals surface area contributed by atoms with Crippen molar-refractivity contribution in [2.45, 2.75) is 19.8 Å². The Morgan fingerprint density at radius 1 is 1.16 bits per heavy atom. The summed E-state index contributed by atoms with van der Waals surface area (Å²) in [7, 11) is 0. The quantitative estimate of drug-likeness (QED) is 0.674. The second-order valence-electron chi connectivity index (χ2n) is 6.08. The van der Waals surface area contributed by atoms with Crippen LogP contribution in [0.4, 0.5) is 0 Å². The lowest BCUT2D eigenvalue weighted by molar-refractivity contribution is -0.141. The zero-order valence-electron chi connectivity index (χ0n) is 14.0. The van der Waals surface area contributed by atoms with Crippen LogP contribution < -0.4 is 5.32 Å². The van der Waals surface area contributed by atoms with Crippen LogP contribution in [0.2, 0.25) is 0 Å². The average Bonchev–Trinajstić information content (AvgIpc) is 2.64. The van der Waals surface area contributed by atoms with Crippen molar-refractivity contribution in [1.82, 2.24) is 10.3 Å². The molecule has 1 heterocycles. The fourth-order valence-electron chi connectivity index (χ4n) is 3.07. The van der Waals surface area contributed by atoms with E-state index in [9.17, 15) is 14.7 Å². The number of aliphatic carboxylic acids is 1. The Morgan fingerprint density at radius 2 is 1.92 bits per heavy atom. The molecule has 0 aliphatic carbocycles. The number of benzene rings is 2. The topological polar surface area (TPSA) is 79.3 Å². The molecule has 0 saturated heterocycles. The van der Waals surface area contributed by atoms with Gasteiger partial charge in [-0.15, -0.1) is 0 Å². The summed E-state index contributed by atoms with van der Waals surface area (Å²) in [6.45, 7) is 2.04. The molecule has 1 aromatic heterocycles. The van der Waals surface area contributed by atoms with Gasteiger partial charge < -0.3 is 10.4 Å². The third-order valence-electron chi connectivity index (χ3n) is 4.35. The minimum atomic E-state index is -0.886.